The quantitative estimate of drug-likeness (QED) is 0.227. The van der Waals surface area contributed by atoms with E-state index in [4.69, 9.17) is 4.98 Å². The summed E-state index contributed by atoms with van der Waals surface area (Å²) < 4.78 is 4.76. The van der Waals surface area contributed by atoms with E-state index in [1.165, 1.54) is 49.0 Å². The number of hydrogen-bond donors (Lipinski definition) is 0. The van der Waals surface area contributed by atoms with Gasteiger partial charge in [-0.15, -0.1) is 0 Å². The molecule has 2 aliphatic carbocycles. The largest absolute Gasteiger partial charge is 0.297 e. The Morgan fingerprint density at radius 2 is 1.15 bits per heavy atom. The van der Waals surface area contributed by atoms with Crippen LogP contribution in [0.4, 0.5) is 0 Å². The fourth-order valence-corrected chi connectivity index (χ4v) is 6.88. The van der Waals surface area contributed by atoms with E-state index in [2.05, 4.69) is 149 Å². The van der Waals surface area contributed by atoms with Crippen molar-refractivity contribution in [2.75, 3.05) is 0 Å². The first-order valence-electron chi connectivity index (χ1n) is 13.9. The zero-order valence-electron chi connectivity index (χ0n) is 21.8. The highest BCUT2D eigenvalue weighted by Crippen LogP contribution is 2.42. The summed E-state index contributed by atoms with van der Waals surface area (Å²) in [5.41, 5.74) is 6.77. The lowest BCUT2D eigenvalue weighted by Crippen LogP contribution is -2.18. The maximum atomic E-state index is 5.57. The molecule has 2 unspecified atom stereocenters. The van der Waals surface area contributed by atoms with Crippen molar-refractivity contribution in [3.63, 3.8) is 0 Å². The monoisotopic (exact) mass is 511 g/mol. The number of rotatable bonds is 2. The Balaban J connectivity index is 1.44. The maximum absolute atomic E-state index is 5.57. The molecule has 7 aromatic rings. The van der Waals surface area contributed by atoms with Crippen LogP contribution in [-0.4, -0.2) is 14.1 Å². The number of nitrogens with zero attached hydrogens (tertiary/aromatic N) is 3. The topological polar surface area (TPSA) is 22.8 Å². The van der Waals surface area contributed by atoms with E-state index in [1.807, 2.05) is 0 Å². The normalized spacial score (nSPS) is 18.4. The average molecular weight is 512 g/mol. The smallest absolute Gasteiger partial charge is 0.148 e. The van der Waals surface area contributed by atoms with Crippen LogP contribution >= 0.6 is 0 Å². The van der Waals surface area contributed by atoms with Crippen LogP contribution in [0.2, 0.25) is 0 Å². The van der Waals surface area contributed by atoms with Crippen LogP contribution in [0.3, 0.4) is 0 Å². The van der Waals surface area contributed by atoms with Crippen molar-refractivity contribution in [3.8, 4) is 5.69 Å². The highest BCUT2D eigenvalue weighted by molar-refractivity contribution is 6.17. The first-order valence-corrected chi connectivity index (χ1v) is 13.9. The van der Waals surface area contributed by atoms with Gasteiger partial charge < -0.3 is 0 Å². The van der Waals surface area contributed by atoms with E-state index < -0.39 is 0 Å². The molecular weight excluding hydrogens is 486 g/mol. The lowest BCUT2D eigenvalue weighted by Gasteiger charge is -2.28. The van der Waals surface area contributed by atoms with Crippen molar-refractivity contribution in [3.05, 3.63) is 140 Å². The van der Waals surface area contributed by atoms with Crippen molar-refractivity contribution in [1.29, 1.82) is 0 Å². The van der Waals surface area contributed by atoms with E-state index in [1.54, 1.807) is 0 Å². The molecule has 2 atom stereocenters. The zero-order valence-corrected chi connectivity index (χ0v) is 21.8. The Kier molecular flexibility index (Phi) is 4.44. The Labute approximate surface area is 231 Å². The van der Waals surface area contributed by atoms with Gasteiger partial charge in [-0.25, -0.2) is 4.98 Å². The zero-order chi connectivity index (χ0) is 26.2. The molecule has 0 aliphatic heterocycles. The van der Waals surface area contributed by atoms with Gasteiger partial charge in [0.05, 0.1) is 16.7 Å². The fraction of sp³-hybridized carbons (Fsp3) is 0.0541. The van der Waals surface area contributed by atoms with Crippen LogP contribution in [0, 0.1) is 11.8 Å². The third-order valence-electron chi connectivity index (χ3n) is 8.66. The number of fused-ring (bicyclic) bond motifs is 8. The van der Waals surface area contributed by atoms with E-state index in [0.717, 1.165) is 17.0 Å². The molecule has 0 amide bonds. The van der Waals surface area contributed by atoms with Crippen molar-refractivity contribution in [1.82, 2.24) is 14.1 Å². The van der Waals surface area contributed by atoms with Gasteiger partial charge >= 0.3 is 0 Å². The van der Waals surface area contributed by atoms with Crippen molar-refractivity contribution in [2.45, 2.75) is 0 Å². The van der Waals surface area contributed by atoms with Gasteiger partial charge in [-0.1, -0.05) is 109 Å². The van der Waals surface area contributed by atoms with Gasteiger partial charge in [-0.3, -0.25) is 9.13 Å². The van der Waals surface area contributed by atoms with Crippen LogP contribution in [-0.2, 0) is 0 Å². The van der Waals surface area contributed by atoms with Crippen LogP contribution < -0.4 is 0 Å². The summed E-state index contributed by atoms with van der Waals surface area (Å²) in [6.07, 6.45) is 15.7. The summed E-state index contributed by atoms with van der Waals surface area (Å²) in [4.78, 5) is 5.57. The van der Waals surface area contributed by atoms with Crippen LogP contribution in [0.15, 0.2) is 140 Å². The predicted molar refractivity (Wildman–Crippen MR) is 168 cm³/mol. The predicted octanol–water partition coefficient (Wildman–Crippen LogP) is 9.21. The molecule has 3 heteroatoms. The second-order valence-corrected chi connectivity index (χ2v) is 10.8. The van der Waals surface area contributed by atoms with Crippen molar-refractivity contribution < 1.29 is 0 Å². The molecule has 0 fully saturated rings. The second kappa shape index (κ2) is 8.17. The summed E-state index contributed by atoms with van der Waals surface area (Å²) in [6, 6.07) is 35.0. The Morgan fingerprint density at radius 1 is 0.525 bits per heavy atom. The molecule has 0 spiro atoms. The van der Waals surface area contributed by atoms with Crippen LogP contribution in [0.1, 0.15) is 0 Å². The first kappa shape index (κ1) is 21.7. The van der Waals surface area contributed by atoms with E-state index in [0.29, 0.717) is 5.92 Å². The van der Waals surface area contributed by atoms with Gasteiger partial charge in [0.2, 0.25) is 0 Å². The van der Waals surface area contributed by atoms with E-state index in [9.17, 15) is 0 Å². The third-order valence-corrected chi connectivity index (χ3v) is 8.66. The van der Waals surface area contributed by atoms with Crippen LogP contribution in [0.25, 0.3) is 66.0 Å². The molecule has 3 nitrogen and oxygen atoms in total. The Bertz CT molecular complexity index is 2280. The lowest BCUT2D eigenvalue weighted by atomic mass is 9.82. The number of benzene rings is 4. The summed E-state index contributed by atoms with van der Waals surface area (Å²) in [5, 5.41) is 7.26. The molecule has 3 heterocycles. The molecule has 40 heavy (non-hydrogen) atoms. The molecule has 0 N–H and O–H groups in total. The SMILES string of the molecule is C1=CC2C=CC=C(n3c4ccccc4c4cc5c6ccccc6n(-c6cccc7ccccc67)c5nc43)C2C=C1. The molecule has 0 saturated carbocycles. The molecule has 2 aliphatic rings. The molecular formula is C37H25N3. The number of pyridine rings is 1. The Hall–Kier alpha value is -5.15. The molecule has 9 rings (SSSR count). The molecule has 3 aromatic heterocycles. The fourth-order valence-electron chi connectivity index (χ4n) is 6.88. The third kappa shape index (κ3) is 2.92. The average Bonchev–Trinajstić information content (AvgIpc) is 3.51. The van der Waals surface area contributed by atoms with Gasteiger partial charge in [-0.05, 0) is 35.7 Å². The minimum absolute atomic E-state index is 0.274. The molecule has 0 bridgehead atoms. The molecule has 0 radical (unpaired) electrons. The first-order chi connectivity index (χ1) is 19.9. The highest BCUT2D eigenvalue weighted by Gasteiger charge is 2.27. The number of allylic oxidation sites excluding steroid dienone is 8. The van der Waals surface area contributed by atoms with Crippen molar-refractivity contribution >= 4 is 60.3 Å². The van der Waals surface area contributed by atoms with Gasteiger partial charge in [0.15, 0.2) is 0 Å². The summed E-state index contributed by atoms with van der Waals surface area (Å²) >= 11 is 0. The lowest BCUT2D eigenvalue weighted by molar-refractivity contribution is 0.655. The number of aromatic nitrogens is 3. The van der Waals surface area contributed by atoms with E-state index >= 15 is 0 Å². The van der Waals surface area contributed by atoms with Gasteiger partial charge in [0, 0.05) is 44.5 Å². The highest BCUT2D eigenvalue weighted by atomic mass is 15.1. The van der Waals surface area contributed by atoms with Gasteiger partial charge in [-0.2, -0.15) is 0 Å². The van der Waals surface area contributed by atoms with Crippen molar-refractivity contribution in [2.24, 2.45) is 11.8 Å². The Morgan fingerprint density at radius 3 is 1.98 bits per heavy atom. The molecule has 188 valence electrons. The summed E-state index contributed by atoms with van der Waals surface area (Å²) in [6.45, 7) is 0. The summed E-state index contributed by atoms with van der Waals surface area (Å²) in [5.74, 6) is 0.627. The molecule has 0 saturated heterocycles. The minimum atomic E-state index is 0.274. The maximum Gasteiger partial charge on any atom is 0.148 e. The van der Waals surface area contributed by atoms with Gasteiger partial charge in [0.25, 0.3) is 0 Å². The minimum Gasteiger partial charge on any atom is -0.297 e. The number of hydrogen-bond acceptors (Lipinski definition) is 1. The van der Waals surface area contributed by atoms with Crippen LogP contribution in [0.5, 0.6) is 0 Å². The standard InChI is InChI=1S/C37H25N3/c1-3-15-26-24(11-1)13-9-21-32(26)39-34-19-7-5-17-28(34)30-23-31-29-18-6-8-20-35(29)40(37(31)38-36(30)39)33-22-10-14-25-12-2-4-16-27(25)33/h1-24,26H. The number of para-hydroxylation sites is 2. The van der Waals surface area contributed by atoms with E-state index in [-0.39, 0.29) is 5.92 Å². The van der Waals surface area contributed by atoms with Gasteiger partial charge in [0.1, 0.15) is 11.3 Å². The molecule has 4 aromatic carbocycles. The second-order valence-electron chi connectivity index (χ2n) is 10.8. The summed E-state index contributed by atoms with van der Waals surface area (Å²) in [7, 11) is 0.